The fourth-order valence-electron chi connectivity index (χ4n) is 1.76. The summed E-state index contributed by atoms with van der Waals surface area (Å²) in [6, 6.07) is 12.5. The zero-order valence-corrected chi connectivity index (χ0v) is 13.7. The van der Waals surface area contributed by atoms with Crippen molar-refractivity contribution in [2.45, 2.75) is 36.7 Å². The van der Waals surface area contributed by atoms with Crippen LogP contribution in [0.1, 0.15) is 29.7 Å². The van der Waals surface area contributed by atoms with Crippen LogP contribution < -0.4 is 0 Å². The molecular weight excluding hydrogens is 320 g/mol. The number of benzene rings is 2. The Labute approximate surface area is 127 Å². The minimum atomic E-state index is -0.433. The van der Waals surface area contributed by atoms with Crippen LogP contribution in [0.5, 0.6) is 0 Å². The molecule has 0 aliphatic heterocycles. The molecule has 0 saturated heterocycles. The Hall–Kier alpha value is -0.770. The van der Waals surface area contributed by atoms with Crippen LogP contribution in [-0.2, 0) is 0 Å². The molecule has 0 aromatic heterocycles. The van der Waals surface area contributed by atoms with E-state index in [4.69, 9.17) is 0 Å². The predicted molar refractivity (Wildman–Crippen MR) is 84.8 cm³/mol. The maximum Gasteiger partial charge on any atom is 0.0762 e. The van der Waals surface area contributed by atoms with Gasteiger partial charge in [0.1, 0.15) is 0 Å². The second kappa shape index (κ2) is 6.12. The van der Waals surface area contributed by atoms with Gasteiger partial charge in [0.05, 0.1) is 6.10 Å². The summed E-state index contributed by atoms with van der Waals surface area (Å²) in [6.07, 6.45) is -0.433. The zero-order valence-electron chi connectivity index (χ0n) is 11.3. The molecule has 100 valence electrons. The third-order valence-electron chi connectivity index (χ3n) is 3.14. The van der Waals surface area contributed by atoms with Crippen molar-refractivity contribution in [3.05, 3.63) is 57.6 Å². The highest BCUT2D eigenvalue weighted by Gasteiger charge is 2.07. The van der Waals surface area contributed by atoms with Crippen molar-refractivity contribution in [3.63, 3.8) is 0 Å². The molecule has 0 bridgehead atoms. The van der Waals surface area contributed by atoms with Crippen molar-refractivity contribution in [3.8, 4) is 0 Å². The Morgan fingerprint density at radius 2 is 1.79 bits per heavy atom. The number of aliphatic hydroxyl groups excluding tert-OH is 1. The van der Waals surface area contributed by atoms with Crippen molar-refractivity contribution in [2.24, 2.45) is 0 Å². The van der Waals surface area contributed by atoms with Gasteiger partial charge in [-0.3, -0.25) is 0 Å². The molecule has 0 saturated carbocycles. The quantitative estimate of drug-likeness (QED) is 0.823. The molecule has 1 atom stereocenters. The average molecular weight is 337 g/mol. The Morgan fingerprint density at radius 1 is 1.05 bits per heavy atom. The lowest BCUT2D eigenvalue weighted by Crippen LogP contribution is -1.91. The first-order valence-electron chi connectivity index (χ1n) is 6.20. The lowest BCUT2D eigenvalue weighted by Gasteiger charge is -2.10. The third-order valence-corrected chi connectivity index (χ3v) is 5.13. The van der Waals surface area contributed by atoms with Crippen LogP contribution in [0.2, 0.25) is 0 Å². The lowest BCUT2D eigenvalue weighted by molar-refractivity contribution is 0.199. The van der Waals surface area contributed by atoms with Crippen LogP contribution in [-0.4, -0.2) is 5.11 Å². The van der Waals surface area contributed by atoms with Crippen molar-refractivity contribution in [1.82, 2.24) is 0 Å². The van der Waals surface area contributed by atoms with Crippen LogP contribution in [0.25, 0.3) is 0 Å². The van der Waals surface area contributed by atoms with Crippen LogP contribution in [0.3, 0.4) is 0 Å². The van der Waals surface area contributed by atoms with Gasteiger partial charge in [-0.25, -0.2) is 0 Å². The van der Waals surface area contributed by atoms with E-state index in [0.29, 0.717) is 0 Å². The second-order valence-electron chi connectivity index (χ2n) is 4.71. The number of aliphatic hydroxyl groups is 1. The molecule has 2 aromatic rings. The van der Waals surface area contributed by atoms with Gasteiger partial charge in [0, 0.05) is 14.3 Å². The molecule has 1 nitrogen and oxygen atoms in total. The summed E-state index contributed by atoms with van der Waals surface area (Å²) in [4.78, 5) is 2.39. The molecule has 0 radical (unpaired) electrons. The molecule has 0 fully saturated rings. The van der Waals surface area contributed by atoms with E-state index < -0.39 is 6.10 Å². The van der Waals surface area contributed by atoms with E-state index >= 15 is 0 Å². The molecule has 19 heavy (non-hydrogen) atoms. The van der Waals surface area contributed by atoms with E-state index in [9.17, 15) is 5.11 Å². The van der Waals surface area contributed by atoms with Gasteiger partial charge < -0.3 is 5.11 Å². The van der Waals surface area contributed by atoms with Crippen molar-refractivity contribution >= 4 is 27.7 Å². The zero-order chi connectivity index (χ0) is 14.0. The van der Waals surface area contributed by atoms with Gasteiger partial charge >= 0.3 is 0 Å². The smallest absolute Gasteiger partial charge is 0.0762 e. The third kappa shape index (κ3) is 3.62. The van der Waals surface area contributed by atoms with Crippen molar-refractivity contribution in [2.75, 3.05) is 0 Å². The molecular formula is C16H17BrOS. The molecule has 0 unspecified atom stereocenters. The van der Waals surface area contributed by atoms with Gasteiger partial charge in [0.25, 0.3) is 0 Å². The highest BCUT2D eigenvalue weighted by Crippen LogP contribution is 2.35. The van der Waals surface area contributed by atoms with Crippen LogP contribution in [0.15, 0.2) is 50.7 Å². The number of hydrogen-bond donors (Lipinski definition) is 1. The molecule has 0 aliphatic rings. The summed E-state index contributed by atoms with van der Waals surface area (Å²) >= 11 is 5.30. The van der Waals surface area contributed by atoms with Gasteiger partial charge in [0.15, 0.2) is 0 Å². The van der Waals surface area contributed by atoms with E-state index in [0.717, 1.165) is 14.9 Å². The lowest BCUT2D eigenvalue weighted by atomic mass is 10.1. The molecule has 0 amide bonds. The Morgan fingerprint density at radius 3 is 2.37 bits per heavy atom. The van der Waals surface area contributed by atoms with Crippen molar-refractivity contribution in [1.29, 1.82) is 0 Å². The predicted octanol–water partition coefficient (Wildman–Crippen LogP) is 5.27. The Balaban J connectivity index is 2.25. The molecule has 1 N–H and O–H groups in total. The summed E-state index contributed by atoms with van der Waals surface area (Å²) in [5, 5.41) is 9.57. The van der Waals surface area contributed by atoms with Gasteiger partial charge in [0.2, 0.25) is 0 Å². The Kier molecular flexibility index (Phi) is 4.71. The van der Waals surface area contributed by atoms with Gasteiger partial charge in [-0.1, -0.05) is 23.9 Å². The number of aryl methyl sites for hydroxylation is 2. The van der Waals surface area contributed by atoms with Gasteiger partial charge in [-0.05, 0) is 77.7 Å². The summed E-state index contributed by atoms with van der Waals surface area (Å²) in [5.74, 6) is 0. The summed E-state index contributed by atoms with van der Waals surface area (Å²) < 4.78 is 1.02. The first-order chi connectivity index (χ1) is 8.97. The van der Waals surface area contributed by atoms with E-state index in [2.05, 4.69) is 48.0 Å². The first kappa shape index (κ1) is 14.6. The number of halogens is 1. The second-order valence-corrected chi connectivity index (χ2v) is 6.68. The maximum absolute atomic E-state index is 9.57. The summed E-state index contributed by atoms with van der Waals surface area (Å²) in [5.41, 5.74) is 3.55. The minimum absolute atomic E-state index is 0.433. The molecule has 0 heterocycles. The van der Waals surface area contributed by atoms with E-state index in [1.54, 1.807) is 18.7 Å². The maximum atomic E-state index is 9.57. The first-order valence-corrected chi connectivity index (χ1v) is 7.81. The monoisotopic (exact) mass is 336 g/mol. The molecule has 0 spiro atoms. The highest BCUT2D eigenvalue weighted by molar-refractivity contribution is 9.10. The fraction of sp³-hybridized carbons (Fsp3) is 0.250. The average Bonchev–Trinajstić information content (AvgIpc) is 2.36. The van der Waals surface area contributed by atoms with E-state index in [1.807, 2.05) is 18.2 Å². The largest absolute Gasteiger partial charge is 0.389 e. The Bertz CT molecular complexity index is 593. The SMILES string of the molecule is Cc1ccc(Sc2ccc([C@H](C)O)cc2Br)cc1C. The number of hydrogen-bond acceptors (Lipinski definition) is 2. The molecule has 0 aliphatic carbocycles. The van der Waals surface area contributed by atoms with Crippen LogP contribution in [0, 0.1) is 13.8 Å². The fourth-order valence-corrected chi connectivity index (χ4v) is 3.32. The minimum Gasteiger partial charge on any atom is -0.389 e. The van der Waals surface area contributed by atoms with Crippen LogP contribution >= 0.6 is 27.7 Å². The van der Waals surface area contributed by atoms with Gasteiger partial charge in [-0.15, -0.1) is 0 Å². The van der Waals surface area contributed by atoms with E-state index in [1.165, 1.54) is 16.0 Å². The van der Waals surface area contributed by atoms with Crippen LogP contribution in [0.4, 0.5) is 0 Å². The molecule has 2 rings (SSSR count). The topological polar surface area (TPSA) is 20.2 Å². The number of rotatable bonds is 3. The summed E-state index contributed by atoms with van der Waals surface area (Å²) in [7, 11) is 0. The normalized spacial score (nSPS) is 12.5. The highest BCUT2D eigenvalue weighted by atomic mass is 79.9. The molecule has 3 heteroatoms. The van der Waals surface area contributed by atoms with Gasteiger partial charge in [-0.2, -0.15) is 0 Å². The standard InChI is InChI=1S/C16H17BrOS/c1-10-4-6-14(8-11(10)2)19-16-7-5-13(12(3)18)9-15(16)17/h4-9,12,18H,1-3H3/t12-/m0/s1. The molecule has 2 aromatic carbocycles. The summed E-state index contributed by atoms with van der Waals surface area (Å²) in [6.45, 7) is 6.03. The van der Waals surface area contributed by atoms with Crippen molar-refractivity contribution < 1.29 is 5.11 Å². The van der Waals surface area contributed by atoms with E-state index in [-0.39, 0.29) is 0 Å².